The third-order valence-corrected chi connectivity index (χ3v) is 4.58. The largest absolute Gasteiger partial charge is 0.462 e. The van der Waals surface area contributed by atoms with Gasteiger partial charge >= 0.3 is 11.9 Å². The Kier molecular flexibility index (Phi) is 6.77. The molecular formula is C21H20BrN3O4. The van der Waals surface area contributed by atoms with E-state index in [1.54, 1.807) is 20.0 Å². The summed E-state index contributed by atoms with van der Waals surface area (Å²) in [6.07, 6.45) is 1.69. The van der Waals surface area contributed by atoms with Gasteiger partial charge in [-0.1, -0.05) is 22.0 Å². The zero-order valence-electron chi connectivity index (χ0n) is 16.1. The molecule has 29 heavy (non-hydrogen) atoms. The topological polar surface area (TPSA) is 89.9 Å². The van der Waals surface area contributed by atoms with E-state index in [9.17, 15) is 9.59 Å². The Morgan fingerprint density at radius 1 is 1.10 bits per heavy atom. The van der Waals surface area contributed by atoms with Crippen molar-refractivity contribution < 1.29 is 19.1 Å². The Labute approximate surface area is 177 Å². The second-order valence-corrected chi connectivity index (χ2v) is 6.90. The van der Waals surface area contributed by atoms with Crippen molar-refractivity contribution in [3.8, 4) is 0 Å². The molecule has 1 aliphatic rings. The lowest BCUT2D eigenvalue weighted by molar-refractivity contribution is -0.146. The van der Waals surface area contributed by atoms with Gasteiger partial charge in [-0.05, 0) is 44.2 Å². The fourth-order valence-corrected chi connectivity index (χ4v) is 3.23. The minimum absolute atomic E-state index is 0.0607. The summed E-state index contributed by atoms with van der Waals surface area (Å²) in [5.74, 6) is -1.49. The molecule has 0 bridgehead atoms. The number of halogens is 1. The summed E-state index contributed by atoms with van der Waals surface area (Å²) < 4.78 is 11.0. The number of carbonyl (C=O) groups excluding carboxylic acids is 2. The van der Waals surface area contributed by atoms with Gasteiger partial charge in [-0.3, -0.25) is 9.98 Å². The SMILES string of the molecule is CCOC(=O)C(C(=O)OCC)=C1CN=C(c2ccccn2)c2cc(Br)ccc2N1. The molecule has 8 heteroatoms. The summed E-state index contributed by atoms with van der Waals surface area (Å²) in [4.78, 5) is 34.1. The van der Waals surface area contributed by atoms with Gasteiger partial charge in [-0.25, -0.2) is 9.59 Å². The number of benzene rings is 1. The Morgan fingerprint density at radius 2 is 1.83 bits per heavy atom. The zero-order valence-corrected chi connectivity index (χ0v) is 17.7. The Balaban J connectivity index is 2.17. The lowest BCUT2D eigenvalue weighted by Gasteiger charge is -2.14. The van der Waals surface area contributed by atoms with Gasteiger partial charge in [0.2, 0.25) is 0 Å². The molecule has 0 saturated heterocycles. The molecule has 0 spiro atoms. The molecule has 2 heterocycles. The molecule has 3 rings (SSSR count). The van der Waals surface area contributed by atoms with E-state index in [1.807, 2.05) is 36.4 Å². The minimum atomic E-state index is -0.747. The first-order valence-electron chi connectivity index (χ1n) is 9.15. The molecule has 0 fully saturated rings. The highest BCUT2D eigenvalue weighted by Crippen LogP contribution is 2.28. The number of pyridine rings is 1. The molecule has 0 amide bonds. The first kappa shape index (κ1) is 20.7. The van der Waals surface area contributed by atoms with Crippen molar-refractivity contribution >= 4 is 39.3 Å². The predicted molar refractivity (Wildman–Crippen MR) is 113 cm³/mol. The number of rotatable bonds is 5. The highest BCUT2D eigenvalue weighted by atomic mass is 79.9. The molecule has 0 aliphatic carbocycles. The number of aliphatic imine (C=N–C) groups is 1. The fraction of sp³-hybridized carbons (Fsp3) is 0.238. The lowest BCUT2D eigenvalue weighted by Crippen LogP contribution is -2.23. The van der Waals surface area contributed by atoms with E-state index in [2.05, 4.69) is 31.2 Å². The summed E-state index contributed by atoms with van der Waals surface area (Å²) in [6.45, 7) is 3.69. The second kappa shape index (κ2) is 9.47. The monoisotopic (exact) mass is 457 g/mol. The first-order valence-corrected chi connectivity index (χ1v) is 9.94. The van der Waals surface area contributed by atoms with Crippen molar-refractivity contribution in [3.63, 3.8) is 0 Å². The maximum Gasteiger partial charge on any atom is 0.347 e. The van der Waals surface area contributed by atoms with Crippen LogP contribution in [-0.2, 0) is 19.1 Å². The Hall–Kier alpha value is -3.00. The molecule has 7 nitrogen and oxygen atoms in total. The van der Waals surface area contributed by atoms with E-state index in [-0.39, 0.29) is 25.3 Å². The number of hydrogen-bond acceptors (Lipinski definition) is 7. The first-order chi connectivity index (χ1) is 14.0. The quantitative estimate of drug-likeness (QED) is 0.319. The molecular weight excluding hydrogens is 438 g/mol. The maximum atomic E-state index is 12.5. The number of carbonyl (C=O) groups is 2. The standard InChI is InChI=1S/C21H20BrN3O4/c1-3-28-20(26)18(21(27)29-4-2)17-12-24-19(16-7-5-6-10-23-16)14-11-13(22)8-9-15(14)25-17/h5-11,25H,3-4,12H2,1-2H3. The van der Waals surface area contributed by atoms with Crippen LogP contribution in [0.4, 0.5) is 5.69 Å². The predicted octanol–water partition coefficient (Wildman–Crippen LogP) is 3.49. The summed E-state index contributed by atoms with van der Waals surface area (Å²) in [6, 6.07) is 11.2. The number of esters is 2. The number of anilines is 1. The van der Waals surface area contributed by atoms with Crippen molar-refractivity contribution in [2.45, 2.75) is 13.8 Å². The molecule has 0 radical (unpaired) electrons. The van der Waals surface area contributed by atoms with Gasteiger partial charge in [-0.15, -0.1) is 0 Å². The summed E-state index contributed by atoms with van der Waals surface area (Å²) in [7, 11) is 0. The second-order valence-electron chi connectivity index (χ2n) is 5.99. The number of aromatic nitrogens is 1. The number of benzodiazepines with no additional fused rings is 1. The summed E-state index contributed by atoms with van der Waals surface area (Å²) >= 11 is 3.48. The van der Waals surface area contributed by atoms with Crippen LogP contribution in [0.25, 0.3) is 0 Å². The zero-order chi connectivity index (χ0) is 20.8. The van der Waals surface area contributed by atoms with Crippen LogP contribution in [-0.4, -0.2) is 42.4 Å². The molecule has 0 atom stereocenters. The van der Waals surface area contributed by atoms with E-state index in [0.29, 0.717) is 22.8 Å². The third-order valence-electron chi connectivity index (χ3n) is 4.09. The molecule has 150 valence electrons. The maximum absolute atomic E-state index is 12.5. The van der Waals surface area contributed by atoms with Crippen LogP contribution in [0.5, 0.6) is 0 Å². The number of hydrogen-bond donors (Lipinski definition) is 1. The normalized spacial score (nSPS) is 12.8. The van der Waals surface area contributed by atoms with Crippen molar-refractivity contribution in [1.29, 1.82) is 0 Å². The molecule has 1 aromatic carbocycles. The van der Waals surface area contributed by atoms with E-state index in [4.69, 9.17) is 9.47 Å². The van der Waals surface area contributed by atoms with E-state index in [0.717, 1.165) is 10.0 Å². The lowest BCUT2D eigenvalue weighted by atomic mass is 10.0. The van der Waals surface area contributed by atoms with Gasteiger partial charge in [0.25, 0.3) is 0 Å². The van der Waals surface area contributed by atoms with E-state index < -0.39 is 11.9 Å². The van der Waals surface area contributed by atoms with Crippen molar-refractivity contribution in [3.05, 3.63) is 69.6 Å². The van der Waals surface area contributed by atoms with Crippen LogP contribution in [0.2, 0.25) is 0 Å². The smallest absolute Gasteiger partial charge is 0.347 e. The molecule has 2 aromatic rings. The highest BCUT2D eigenvalue weighted by molar-refractivity contribution is 9.10. The van der Waals surface area contributed by atoms with Crippen molar-refractivity contribution in [2.24, 2.45) is 4.99 Å². The molecule has 0 saturated carbocycles. The highest BCUT2D eigenvalue weighted by Gasteiger charge is 2.28. The van der Waals surface area contributed by atoms with Crippen LogP contribution in [0.15, 0.2) is 63.3 Å². The number of nitrogens with one attached hydrogen (secondary N) is 1. The molecule has 1 N–H and O–H groups in total. The van der Waals surface area contributed by atoms with Crippen LogP contribution in [0, 0.1) is 0 Å². The van der Waals surface area contributed by atoms with Crippen molar-refractivity contribution in [2.75, 3.05) is 25.1 Å². The Bertz CT molecular complexity index is 967. The van der Waals surface area contributed by atoms with Crippen LogP contribution >= 0.6 is 15.9 Å². The van der Waals surface area contributed by atoms with Gasteiger partial charge in [0.1, 0.15) is 0 Å². The van der Waals surface area contributed by atoms with Crippen molar-refractivity contribution in [1.82, 2.24) is 4.98 Å². The Morgan fingerprint density at radius 3 is 2.45 bits per heavy atom. The van der Waals surface area contributed by atoms with Gasteiger partial charge < -0.3 is 14.8 Å². The number of fused-ring (bicyclic) bond motifs is 1. The van der Waals surface area contributed by atoms with Gasteiger partial charge in [0.05, 0.1) is 36.9 Å². The molecule has 1 aliphatic heterocycles. The van der Waals surface area contributed by atoms with Gasteiger partial charge in [-0.2, -0.15) is 0 Å². The van der Waals surface area contributed by atoms with Crippen LogP contribution < -0.4 is 5.32 Å². The molecule has 1 aromatic heterocycles. The summed E-state index contributed by atoms with van der Waals surface area (Å²) in [5, 5.41) is 3.18. The fourth-order valence-electron chi connectivity index (χ4n) is 2.87. The summed E-state index contributed by atoms with van der Waals surface area (Å²) in [5.41, 5.74) is 2.95. The van der Waals surface area contributed by atoms with Gasteiger partial charge in [0.15, 0.2) is 5.57 Å². The molecule has 0 unspecified atom stereocenters. The van der Waals surface area contributed by atoms with E-state index >= 15 is 0 Å². The average molecular weight is 458 g/mol. The number of nitrogens with zero attached hydrogens (tertiary/aromatic N) is 2. The van der Waals surface area contributed by atoms with Gasteiger partial charge in [0, 0.05) is 21.9 Å². The third kappa shape index (κ3) is 4.71. The number of ether oxygens (including phenoxy) is 2. The van der Waals surface area contributed by atoms with Crippen LogP contribution in [0.1, 0.15) is 25.1 Å². The van der Waals surface area contributed by atoms with Crippen LogP contribution in [0.3, 0.4) is 0 Å². The minimum Gasteiger partial charge on any atom is -0.462 e. The average Bonchev–Trinajstić information content (AvgIpc) is 2.88. The van der Waals surface area contributed by atoms with E-state index in [1.165, 1.54) is 0 Å².